The van der Waals surface area contributed by atoms with Gasteiger partial charge in [-0.25, -0.2) is 18.1 Å². The standard InChI is InChI=1S/C26H35N5O3S/c1-30-25-15-20(6-7-21(25)16-28-30)19-8-10-23(11-9-19)34-18-22-17-31(26-5-3-4-13-27-26)14-12-24(22)29-35(2,32)33/h3-7,13,15-16,19,22-24,29H,8-12,14,17-18H2,1-2H3/t19?,22-,23?,24-/m0/s1. The fraction of sp³-hybridized carbons (Fsp3) is 0.538. The molecule has 1 saturated carbocycles. The van der Waals surface area contributed by atoms with Gasteiger partial charge in [0, 0.05) is 43.7 Å². The van der Waals surface area contributed by atoms with E-state index >= 15 is 0 Å². The fourth-order valence-corrected chi connectivity index (χ4v) is 6.48. The van der Waals surface area contributed by atoms with Crippen molar-refractivity contribution in [2.75, 3.05) is 30.9 Å². The van der Waals surface area contributed by atoms with E-state index in [-0.39, 0.29) is 18.1 Å². The Hall–Kier alpha value is -2.49. The molecule has 3 heterocycles. The molecule has 1 aliphatic carbocycles. The molecule has 1 aliphatic heterocycles. The van der Waals surface area contributed by atoms with Gasteiger partial charge in [0.2, 0.25) is 10.0 Å². The third-order valence-corrected chi connectivity index (χ3v) is 8.27. The van der Waals surface area contributed by atoms with Crippen molar-refractivity contribution in [2.45, 2.75) is 50.2 Å². The Morgan fingerprint density at radius 1 is 1.11 bits per heavy atom. The average molecular weight is 498 g/mol. The van der Waals surface area contributed by atoms with Crippen LogP contribution >= 0.6 is 0 Å². The fourth-order valence-electron chi connectivity index (χ4n) is 5.62. The van der Waals surface area contributed by atoms with Gasteiger partial charge in [-0.1, -0.05) is 18.2 Å². The number of hydrogen-bond acceptors (Lipinski definition) is 6. The molecule has 3 aromatic rings. The van der Waals surface area contributed by atoms with Crippen molar-refractivity contribution >= 4 is 26.7 Å². The van der Waals surface area contributed by atoms with Crippen LogP contribution in [0.4, 0.5) is 5.82 Å². The summed E-state index contributed by atoms with van der Waals surface area (Å²) in [4.78, 5) is 6.72. The molecule has 2 aliphatic rings. The van der Waals surface area contributed by atoms with Crippen molar-refractivity contribution in [3.05, 3.63) is 54.4 Å². The van der Waals surface area contributed by atoms with Crippen LogP contribution in [-0.2, 0) is 21.8 Å². The number of anilines is 1. The predicted octanol–water partition coefficient (Wildman–Crippen LogP) is 3.46. The second-order valence-electron chi connectivity index (χ2n) is 10.1. The van der Waals surface area contributed by atoms with E-state index in [1.54, 1.807) is 6.20 Å². The molecule has 9 heteroatoms. The number of hydrogen-bond donors (Lipinski definition) is 1. The Balaban J connectivity index is 1.19. The quantitative estimate of drug-likeness (QED) is 0.538. The van der Waals surface area contributed by atoms with Gasteiger partial charge in [-0.2, -0.15) is 5.10 Å². The van der Waals surface area contributed by atoms with E-state index in [1.807, 2.05) is 36.1 Å². The monoisotopic (exact) mass is 497 g/mol. The largest absolute Gasteiger partial charge is 0.378 e. The summed E-state index contributed by atoms with van der Waals surface area (Å²) in [5.74, 6) is 1.55. The summed E-state index contributed by atoms with van der Waals surface area (Å²) in [5.41, 5.74) is 2.57. The SMILES string of the molecule is Cn1ncc2ccc(C3CCC(OC[C@@H]4CN(c5ccccn5)CC[C@@H]4NS(C)(=O)=O)CC3)cc21. The molecule has 0 radical (unpaired) electrons. The third-order valence-electron chi connectivity index (χ3n) is 7.54. The minimum absolute atomic E-state index is 0.0745. The zero-order chi connectivity index (χ0) is 24.4. The molecule has 1 saturated heterocycles. The second kappa shape index (κ2) is 10.2. The summed E-state index contributed by atoms with van der Waals surface area (Å²) in [6.45, 7) is 2.05. The topological polar surface area (TPSA) is 89.3 Å². The molecule has 188 valence electrons. The lowest BCUT2D eigenvalue weighted by Crippen LogP contribution is -2.52. The van der Waals surface area contributed by atoms with Gasteiger partial charge in [0.1, 0.15) is 5.82 Å². The van der Waals surface area contributed by atoms with Crippen LogP contribution < -0.4 is 9.62 Å². The van der Waals surface area contributed by atoms with Crippen LogP contribution in [0.3, 0.4) is 0 Å². The highest BCUT2D eigenvalue weighted by Crippen LogP contribution is 2.35. The van der Waals surface area contributed by atoms with Gasteiger partial charge in [0.25, 0.3) is 0 Å². The van der Waals surface area contributed by atoms with Crippen molar-refractivity contribution in [1.82, 2.24) is 19.5 Å². The van der Waals surface area contributed by atoms with Crippen molar-refractivity contribution < 1.29 is 13.2 Å². The molecule has 0 unspecified atom stereocenters. The van der Waals surface area contributed by atoms with Crippen LogP contribution in [0.1, 0.15) is 43.6 Å². The molecule has 1 N–H and O–H groups in total. The number of pyridine rings is 1. The summed E-state index contributed by atoms with van der Waals surface area (Å²) < 4.78 is 35.2. The van der Waals surface area contributed by atoms with Gasteiger partial charge in [0.15, 0.2) is 0 Å². The average Bonchev–Trinajstić information content (AvgIpc) is 3.23. The van der Waals surface area contributed by atoms with Gasteiger partial charge in [-0.3, -0.25) is 4.68 Å². The molecule has 8 nitrogen and oxygen atoms in total. The van der Waals surface area contributed by atoms with E-state index in [9.17, 15) is 8.42 Å². The van der Waals surface area contributed by atoms with Crippen LogP contribution in [0.25, 0.3) is 10.9 Å². The lowest BCUT2D eigenvalue weighted by atomic mass is 9.82. The Morgan fingerprint density at radius 2 is 1.94 bits per heavy atom. The molecule has 2 fully saturated rings. The first-order valence-corrected chi connectivity index (χ1v) is 14.4. The molecular weight excluding hydrogens is 462 g/mol. The van der Waals surface area contributed by atoms with Gasteiger partial charge < -0.3 is 9.64 Å². The molecule has 0 spiro atoms. The first-order valence-electron chi connectivity index (χ1n) is 12.5. The summed E-state index contributed by atoms with van der Waals surface area (Å²) in [7, 11) is -1.29. The minimum Gasteiger partial charge on any atom is -0.378 e. The Morgan fingerprint density at radius 3 is 2.69 bits per heavy atom. The summed E-state index contributed by atoms with van der Waals surface area (Å²) in [5, 5.41) is 5.54. The van der Waals surface area contributed by atoms with Gasteiger partial charge in [0.05, 0.1) is 30.7 Å². The molecule has 0 amide bonds. The highest BCUT2D eigenvalue weighted by Gasteiger charge is 2.33. The first-order chi connectivity index (χ1) is 16.9. The van der Waals surface area contributed by atoms with Crippen LogP contribution in [-0.4, -0.2) is 61.3 Å². The van der Waals surface area contributed by atoms with Gasteiger partial charge >= 0.3 is 0 Å². The zero-order valence-corrected chi connectivity index (χ0v) is 21.3. The van der Waals surface area contributed by atoms with Crippen LogP contribution in [0.15, 0.2) is 48.8 Å². The molecule has 1 aromatic carbocycles. The normalized spacial score (nSPS) is 25.7. The Kier molecular flexibility index (Phi) is 7.09. The van der Waals surface area contributed by atoms with Crippen LogP contribution in [0.5, 0.6) is 0 Å². The summed E-state index contributed by atoms with van der Waals surface area (Å²) in [6, 6.07) is 12.5. The van der Waals surface area contributed by atoms with Crippen molar-refractivity contribution in [1.29, 1.82) is 0 Å². The number of aromatic nitrogens is 3. The van der Waals surface area contributed by atoms with Gasteiger partial charge in [-0.15, -0.1) is 0 Å². The van der Waals surface area contributed by atoms with E-state index in [2.05, 4.69) is 37.9 Å². The molecule has 2 atom stereocenters. The number of nitrogens with zero attached hydrogens (tertiary/aromatic N) is 4. The second-order valence-corrected chi connectivity index (χ2v) is 11.9. The number of aryl methyl sites for hydroxylation is 1. The van der Waals surface area contributed by atoms with E-state index in [1.165, 1.54) is 22.7 Å². The van der Waals surface area contributed by atoms with Crippen LogP contribution in [0, 0.1) is 5.92 Å². The molecule has 2 aromatic heterocycles. The summed E-state index contributed by atoms with van der Waals surface area (Å²) in [6.07, 6.45) is 10.1. The Bertz CT molecular complexity index is 1240. The predicted molar refractivity (Wildman–Crippen MR) is 138 cm³/mol. The maximum atomic E-state index is 12.0. The highest BCUT2D eigenvalue weighted by atomic mass is 32.2. The first kappa shape index (κ1) is 24.2. The molecule has 0 bridgehead atoms. The van der Waals surface area contributed by atoms with Crippen molar-refractivity contribution in [3.63, 3.8) is 0 Å². The number of nitrogens with one attached hydrogen (secondary N) is 1. The molecular formula is C26H35N5O3S. The molecule has 35 heavy (non-hydrogen) atoms. The lowest BCUT2D eigenvalue weighted by molar-refractivity contribution is -0.00213. The number of fused-ring (bicyclic) bond motifs is 1. The molecule has 5 rings (SSSR count). The third kappa shape index (κ3) is 5.85. The van der Waals surface area contributed by atoms with E-state index in [0.717, 1.165) is 51.0 Å². The lowest BCUT2D eigenvalue weighted by Gasteiger charge is -2.40. The van der Waals surface area contributed by atoms with E-state index < -0.39 is 10.0 Å². The highest BCUT2D eigenvalue weighted by molar-refractivity contribution is 7.88. The zero-order valence-electron chi connectivity index (χ0n) is 20.5. The summed E-state index contributed by atoms with van der Waals surface area (Å²) >= 11 is 0. The van der Waals surface area contributed by atoms with Crippen molar-refractivity contribution in [2.24, 2.45) is 13.0 Å². The van der Waals surface area contributed by atoms with Crippen molar-refractivity contribution in [3.8, 4) is 0 Å². The number of ether oxygens (including phenoxy) is 1. The van der Waals surface area contributed by atoms with Gasteiger partial charge in [-0.05, 0) is 61.8 Å². The maximum absolute atomic E-state index is 12.0. The number of rotatable bonds is 7. The maximum Gasteiger partial charge on any atom is 0.208 e. The number of benzene rings is 1. The van der Waals surface area contributed by atoms with Crippen LogP contribution in [0.2, 0.25) is 0 Å². The Labute approximate surface area is 207 Å². The van der Waals surface area contributed by atoms with E-state index in [0.29, 0.717) is 12.5 Å². The number of piperidine rings is 1. The minimum atomic E-state index is -3.28. The number of sulfonamides is 1. The smallest absolute Gasteiger partial charge is 0.208 e. The van der Waals surface area contributed by atoms with E-state index in [4.69, 9.17) is 4.74 Å².